The highest BCUT2D eigenvalue weighted by atomic mass is 14.9. The molecule has 0 radical (unpaired) electrons. The molecule has 0 heterocycles. The van der Waals surface area contributed by atoms with Crippen LogP contribution in [0.2, 0.25) is 0 Å². The molecular formula is C16H23N. The predicted octanol–water partition coefficient (Wildman–Crippen LogP) is 4.46. The molecule has 3 atom stereocenters. The monoisotopic (exact) mass is 229 g/mol. The van der Waals surface area contributed by atoms with E-state index in [2.05, 4.69) is 35.6 Å². The van der Waals surface area contributed by atoms with Gasteiger partial charge in [0.25, 0.3) is 0 Å². The molecule has 0 aliphatic heterocycles. The van der Waals surface area contributed by atoms with E-state index in [9.17, 15) is 0 Å². The number of anilines is 1. The molecule has 0 bridgehead atoms. The molecule has 2 aliphatic rings. The van der Waals surface area contributed by atoms with Crippen molar-refractivity contribution in [3.05, 3.63) is 30.3 Å². The zero-order valence-corrected chi connectivity index (χ0v) is 10.6. The van der Waals surface area contributed by atoms with Crippen molar-refractivity contribution in [3.63, 3.8) is 0 Å². The summed E-state index contributed by atoms with van der Waals surface area (Å²) in [6.07, 6.45) is 10.2. The third-order valence-corrected chi connectivity index (χ3v) is 4.68. The molecule has 17 heavy (non-hydrogen) atoms. The summed E-state index contributed by atoms with van der Waals surface area (Å²) in [6.45, 7) is 0. The van der Waals surface area contributed by atoms with Gasteiger partial charge in [0.05, 0.1) is 0 Å². The Morgan fingerprint density at radius 3 is 2.41 bits per heavy atom. The van der Waals surface area contributed by atoms with Gasteiger partial charge in [0.15, 0.2) is 0 Å². The van der Waals surface area contributed by atoms with Crippen LogP contribution in [0.3, 0.4) is 0 Å². The van der Waals surface area contributed by atoms with Crippen molar-refractivity contribution in [3.8, 4) is 0 Å². The Hall–Kier alpha value is -0.980. The lowest BCUT2D eigenvalue weighted by molar-refractivity contribution is 0.162. The van der Waals surface area contributed by atoms with Gasteiger partial charge in [0, 0.05) is 11.7 Å². The van der Waals surface area contributed by atoms with Crippen LogP contribution in [0.25, 0.3) is 0 Å². The van der Waals surface area contributed by atoms with Crippen LogP contribution in [0.4, 0.5) is 5.69 Å². The van der Waals surface area contributed by atoms with Gasteiger partial charge < -0.3 is 5.32 Å². The summed E-state index contributed by atoms with van der Waals surface area (Å²) in [4.78, 5) is 0. The average molecular weight is 229 g/mol. The second kappa shape index (κ2) is 5.12. The molecule has 0 spiro atoms. The molecular weight excluding hydrogens is 206 g/mol. The molecule has 0 amide bonds. The van der Waals surface area contributed by atoms with Gasteiger partial charge in [0.1, 0.15) is 0 Å². The average Bonchev–Trinajstić information content (AvgIpc) is 2.40. The second-order valence-corrected chi connectivity index (χ2v) is 5.82. The lowest BCUT2D eigenvalue weighted by Gasteiger charge is -2.39. The molecule has 92 valence electrons. The lowest BCUT2D eigenvalue weighted by atomic mass is 9.69. The molecule has 2 fully saturated rings. The van der Waals surface area contributed by atoms with Gasteiger partial charge in [-0.2, -0.15) is 0 Å². The molecule has 1 heteroatoms. The first-order valence-electron chi connectivity index (χ1n) is 7.23. The van der Waals surface area contributed by atoms with Crippen LogP contribution in [0.1, 0.15) is 44.9 Å². The van der Waals surface area contributed by atoms with E-state index in [4.69, 9.17) is 0 Å². The van der Waals surface area contributed by atoms with Crippen LogP contribution in [-0.2, 0) is 0 Å². The molecule has 1 N–H and O–H groups in total. The lowest BCUT2D eigenvalue weighted by Crippen LogP contribution is -2.34. The first-order chi connectivity index (χ1) is 8.42. The Balaban J connectivity index is 1.59. The van der Waals surface area contributed by atoms with E-state index < -0.39 is 0 Å². The van der Waals surface area contributed by atoms with Gasteiger partial charge in [-0.05, 0) is 43.2 Å². The van der Waals surface area contributed by atoms with Gasteiger partial charge in [0.2, 0.25) is 0 Å². The number of hydrogen-bond donors (Lipinski definition) is 1. The van der Waals surface area contributed by atoms with Crippen LogP contribution in [0, 0.1) is 11.8 Å². The van der Waals surface area contributed by atoms with Gasteiger partial charge in [-0.3, -0.25) is 0 Å². The zero-order chi connectivity index (χ0) is 11.5. The minimum Gasteiger partial charge on any atom is -0.382 e. The standard InChI is InChI=1S/C16H23N/c1-2-8-15(9-3-1)17-16-11-10-13-6-4-5-7-14(13)12-16/h1-3,8-9,13-14,16-17H,4-7,10-12H2. The topological polar surface area (TPSA) is 12.0 Å². The fraction of sp³-hybridized carbons (Fsp3) is 0.625. The molecule has 0 saturated heterocycles. The van der Waals surface area contributed by atoms with E-state index in [-0.39, 0.29) is 0 Å². The molecule has 1 nitrogen and oxygen atoms in total. The second-order valence-electron chi connectivity index (χ2n) is 5.82. The van der Waals surface area contributed by atoms with E-state index in [0.717, 1.165) is 17.9 Å². The maximum atomic E-state index is 3.71. The SMILES string of the molecule is c1ccc(NC2CCC3CCCCC3C2)cc1. The highest BCUT2D eigenvalue weighted by Crippen LogP contribution is 2.41. The summed E-state index contributed by atoms with van der Waals surface area (Å²) < 4.78 is 0. The fourth-order valence-corrected chi connectivity index (χ4v) is 3.77. The van der Waals surface area contributed by atoms with Crippen LogP contribution in [0.5, 0.6) is 0 Å². The Bertz CT molecular complexity index is 346. The van der Waals surface area contributed by atoms with Gasteiger partial charge in [-0.25, -0.2) is 0 Å². The minimum atomic E-state index is 0.719. The molecule has 1 aromatic rings. The number of nitrogens with one attached hydrogen (secondary N) is 1. The van der Waals surface area contributed by atoms with Crippen molar-refractivity contribution in [1.29, 1.82) is 0 Å². The minimum absolute atomic E-state index is 0.719. The predicted molar refractivity (Wildman–Crippen MR) is 73.2 cm³/mol. The first kappa shape index (κ1) is 11.1. The quantitative estimate of drug-likeness (QED) is 0.789. The normalized spacial score (nSPS) is 32.8. The molecule has 2 aliphatic carbocycles. The fourth-order valence-electron chi connectivity index (χ4n) is 3.77. The van der Waals surface area contributed by atoms with Gasteiger partial charge in [-0.15, -0.1) is 0 Å². The van der Waals surface area contributed by atoms with Gasteiger partial charge in [-0.1, -0.05) is 43.9 Å². The van der Waals surface area contributed by atoms with Crippen molar-refractivity contribution in [2.45, 2.75) is 51.0 Å². The third-order valence-electron chi connectivity index (χ3n) is 4.68. The van der Waals surface area contributed by atoms with Crippen molar-refractivity contribution >= 4 is 5.69 Å². The summed E-state index contributed by atoms with van der Waals surface area (Å²) in [7, 11) is 0. The Kier molecular flexibility index (Phi) is 3.35. The summed E-state index contributed by atoms with van der Waals surface area (Å²) in [5.74, 6) is 2.07. The van der Waals surface area contributed by atoms with Crippen molar-refractivity contribution in [1.82, 2.24) is 0 Å². The van der Waals surface area contributed by atoms with E-state index in [1.54, 1.807) is 0 Å². The molecule has 0 aromatic heterocycles. The summed E-state index contributed by atoms with van der Waals surface area (Å²) in [5.41, 5.74) is 1.30. The van der Waals surface area contributed by atoms with Crippen molar-refractivity contribution in [2.75, 3.05) is 5.32 Å². The van der Waals surface area contributed by atoms with Crippen LogP contribution in [0.15, 0.2) is 30.3 Å². The van der Waals surface area contributed by atoms with Crippen LogP contribution >= 0.6 is 0 Å². The summed E-state index contributed by atoms with van der Waals surface area (Å²) in [6, 6.07) is 11.4. The largest absolute Gasteiger partial charge is 0.382 e. The molecule has 2 saturated carbocycles. The number of fused-ring (bicyclic) bond motifs is 1. The first-order valence-corrected chi connectivity index (χ1v) is 7.23. The third kappa shape index (κ3) is 2.65. The molecule has 1 aromatic carbocycles. The highest BCUT2D eigenvalue weighted by molar-refractivity contribution is 5.43. The number of rotatable bonds is 2. The van der Waals surface area contributed by atoms with E-state index in [0.29, 0.717) is 0 Å². The number of para-hydroxylation sites is 1. The van der Waals surface area contributed by atoms with Crippen molar-refractivity contribution in [2.24, 2.45) is 11.8 Å². The Labute approximate surface area is 105 Å². The summed E-state index contributed by atoms with van der Waals surface area (Å²) in [5, 5.41) is 3.71. The van der Waals surface area contributed by atoms with E-state index >= 15 is 0 Å². The maximum absolute atomic E-state index is 3.71. The molecule has 3 rings (SSSR count). The Morgan fingerprint density at radius 1 is 0.824 bits per heavy atom. The molecule has 3 unspecified atom stereocenters. The van der Waals surface area contributed by atoms with Crippen molar-refractivity contribution < 1.29 is 0 Å². The smallest absolute Gasteiger partial charge is 0.0342 e. The van der Waals surface area contributed by atoms with E-state index in [1.165, 1.54) is 50.6 Å². The zero-order valence-electron chi connectivity index (χ0n) is 10.6. The maximum Gasteiger partial charge on any atom is 0.0342 e. The number of benzene rings is 1. The summed E-state index contributed by atoms with van der Waals surface area (Å²) >= 11 is 0. The highest BCUT2D eigenvalue weighted by Gasteiger charge is 2.31. The van der Waals surface area contributed by atoms with Gasteiger partial charge >= 0.3 is 0 Å². The Morgan fingerprint density at radius 2 is 1.59 bits per heavy atom. The number of hydrogen-bond acceptors (Lipinski definition) is 1. The van der Waals surface area contributed by atoms with E-state index in [1.807, 2.05) is 0 Å². The van der Waals surface area contributed by atoms with Crippen LogP contribution in [-0.4, -0.2) is 6.04 Å². The van der Waals surface area contributed by atoms with Crippen LogP contribution < -0.4 is 5.32 Å².